The Balaban J connectivity index is 1.42. The molecule has 1 aromatic rings. The first kappa shape index (κ1) is 24.2. The van der Waals surface area contributed by atoms with Crippen LogP contribution in [0.3, 0.4) is 0 Å². The van der Waals surface area contributed by atoms with Crippen LogP contribution in [0.4, 0.5) is 0 Å². The van der Waals surface area contributed by atoms with Gasteiger partial charge in [-0.3, -0.25) is 14.5 Å². The van der Waals surface area contributed by atoms with E-state index in [1.54, 1.807) is 0 Å². The number of hydrogen-bond acceptors (Lipinski definition) is 5. The van der Waals surface area contributed by atoms with E-state index in [-0.39, 0.29) is 41.2 Å². The maximum atomic E-state index is 13.0. The molecule has 0 unspecified atom stereocenters. The highest BCUT2D eigenvalue weighted by Crippen LogP contribution is 2.52. The number of nitrogens with two attached hydrogens (primary N) is 1. The lowest BCUT2D eigenvalue weighted by Gasteiger charge is -2.49. The van der Waals surface area contributed by atoms with Gasteiger partial charge < -0.3 is 10.6 Å². The first-order valence-corrected chi connectivity index (χ1v) is 13.8. The van der Waals surface area contributed by atoms with Gasteiger partial charge in [-0.15, -0.1) is 0 Å². The Kier molecular flexibility index (Phi) is 6.37. The third-order valence-electron chi connectivity index (χ3n) is 8.88. The van der Waals surface area contributed by atoms with E-state index in [9.17, 15) is 18.0 Å². The Morgan fingerprint density at radius 2 is 1.64 bits per heavy atom. The van der Waals surface area contributed by atoms with Gasteiger partial charge in [-0.2, -0.15) is 0 Å². The van der Waals surface area contributed by atoms with Crippen molar-refractivity contribution in [3.8, 4) is 0 Å². The summed E-state index contributed by atoms with van der Waals surface area (Å²) in [6.45, 7) is 1.19. The maximum Gasteiger partial charge on any atom is 0.223 e. The Labute approximate surface area is 197 Å². The minimum Gasteiger partial charge on any atom is -0.369 e. The standard InChI is InChI=1S/C25H37N3O4S/c1-27(2)25(20-6-4-3-5-7-20)10-8-23(9-11-25)18-21(29)28(19-23)15-12-24(22(26)30)13-16-33(31,32)17-14-24/h3-7H,8-19H2,1-2H3,(H2,26,30). The predicted octanol–water partition coefficient (Wildman–Crippen LogP) is 2.31. The quantitative estimate of drug-likeness (QED) is 0.680. The number of hydrogen-bond donors (Lipinski definition) is 1. The minimum atomic E-state index is -3.09. The molecule has 0 aromatic heterocycles. The van der Waals surface area contributed by atoms with E-state index >= 15 is 0 Å². The highest BCUT2D eigenvalue weighted by atomic mass is 32.2. The van der Waals surface area contributed by atoms with Crippen molar-refractivity contribution in [3.05, 3.63) is 35.9 Å². The van der Waals surface area contributed by atoms with Gasteiger partial charge in [0.1, 0.15) is 9.84 Å². The normalized spacial score (nSPS) is 28.3. The largest absolute Gasteiger partial charge is 0.369 e. The molecule has 1 aromatic carbocycles. The van der Waals surface area contributed by atoms with E-state index in [1.165, 1.54) is 5.56 Å². The number of amides is 2. The highest BCUT2D eigenvalue weighted by Gasteiger charge is 2.51. The molecule has 2 N–H and O–H groups in total. The highest BCUT2D eigenvalue weighted by molar-refractivity contribution is 7.91. The van der Waals surface area contributed by atoms with Crippen LogP contribution in [-0.2, 0) is 25.0 Å². The predicted molar refractivity (Wildman–Crippen MR) is 128 cm³/mol. The Bertz CT molecular complexity index is 984. The van der Waals surface area contributed by atoms with E-state index in [0.29, 0.717) is 19.4 Å². The van der Waals surface area contributed by atoms with Crippen LogP contribution in [0.25, 0.3) is 0 Å². The van der Waals surface area contributed by atoms with Crippen LogP contribution in [0.2, 0.25) is 0 Å². The molecule has 0 bridgehead atoms. The Hall–Kier alpha value is -1.93. The maximum absolute atomic E-state index is 13.0. The summed E-state index contributed by atoms with van der Waals surface area (Å²) in [6, 6.07) is 10.6. The molecule has 4 rings (SSSR count). The Morgan fingerprint density at radius 1 is 1.03 bits per heavy atom. The van der Waals surface area contributed by atoms with Gasteiger partial charge in [-0.25, -0.2) is 8.42 Å². The summed E-state index contributed by atoms with van der Waals surface area (Å²) in [7, 11) is 1.20. The van der Waals surface area contributed by atoms with Crippen LogP contribution in [-0.4, -0.2) is 68.7 Å². The smallest absolute Gasteiger partial charge is 0.223 e. The fraction of sp³-hybridized carbons (Fsp3) is 0.680. The number of nitrogens with zero attached hydrogens (tertiary/aromatic N) is 2. The number of primary amides is 1. The summed E-state index contributed by atoms with van der Waals surface area (Å²) >= 11 is 0. The van der Waals surface area contributed by atoms with Crippen molar-refractivity contribution in [3.63, 3.8) is 0 Å². The fourth-order valence-corrected chi connectivity index (χ4v) is 7.96. The summed E-state index contributed by atoms with van der Waals surface area (Å²) in [6.07, 6.45) is 5.53. The second-order valence-corrected chi connectivity index (χ2v) is 13.1. The molecule has 7 nitrogen and oxygen atoms in total. The number of carbonyl (C=O) groups is 2. The average Bonchev–Trinajstić information content (AvgIpc) is 3.09. The molecule has 3 fully saturated rings. The summed E-state index contributed by atoms with van der Waals surface area (Å²) in [5.41, 5.74) is 6.21. The number of carbonyl (C=O) groups excluding carboxylic acids is 2. The molecule has 1 aliphatic carbocycles. The summed E-state index contributed by atoms with van der Waals surface area (Å²) < 4.78 is 23.7. The topological polar surface area (TPSA) is 101 Å². The zero-order valence-electron chi connectivity index (χ0n) is 19.9. The lowest BCUT2D eigenvalue weighted by Crippen LogP contribution is -2.48. The van der Waals surface area contributed by atoms with Crippen LogP contribution in [0.5, 0.6) is 0 Å². The number of likely N-dealkylation sites (tertiary alicyclic amines) is 1. The Morgan fingerprint density at radius 3 is 2.18 bits per heavy atom. The van der Waals surface area contributed by atoms with Crippen LogP contribution >= 0.6 is 0 Å². The molecule has 2 saturated heterocycles. The molecule has 182 valence electrons. The van der Waals surface area contributed by atoms with E-state index in [0.717, 1.165) is 32.2 Å². The van der Waals surface area contributed by atoms with Crippen LogP contribution in [0.1, 0.15) is 56.9 Å². The fourth-order valence-electron chi connectivity index (χ4n) is 6.35. The summed E-state index contributed by atoms with van der Waals surface area (Å²) in [5, 5.41) is 0. The molecular weight excluding hydrogens is 438 g/mol. The van der Waals surface area contributed by atoms with Gasteiger partial charge in [-0.05, 0) is 70.0 Å². The van der Waals surface area contributed by atoms with Crippen LogP contribution < -0.4 is 5.73 Å². The van der Waals surface area contributed by atoms with E-state index in [4.69, 9.17) is 5.73 Å². The second kappa shape index (κ2) is 8.69. The summed E-state index contributed by atoms with van der Waals surface area (Å²) in [4.78, 5) is 29.5. The van der Waals surface area contributed by atoms with E-state index < -0.39 is 21.2 Å². The minimum absolute atomic E-state index is 0.0000714. The zero-order chi connectivity index (χ0) is 23.9. The molecule has 8 heteroatoms. The van der Waals surface area contributed by atoms with Crippen molar-refractivity contribution in [2.45, 2.75) is 56.9 Å². The van der Waals surface area contributed by atoms with Gasteiger partial charge >= 0.3 is 0 Å². The second-order valence-electron chi connectivity index (χ2n) is 10.8. The number of rotatable bonds is 6. The molecule has 3 aliphatic rings. The zero-order valence-corrected chi connectivity index (χ0v) is 20.7. The van der Waals surface area contributed by atoms with Crippen LogP contribution in [0.15, 0.2) is 30.3 Å². The van der Waals surface area contributed by atoms with Crippen LogP contribution in [0, 0.1) is 10.8 Å². The lowest BCUT2D eigenvalue weighted by atomic mass is 9.64. The van der Waals surface area contributed by atoms with Crippen molar-refractivity contribution < 1.29 is 18.0 Å². The third-order valence-corrected chi connectivity index (χ3v) is 10.5. The van der Waals surface area contributed by atoms with Gasteiger partial charge in [0.25, 0.3) is 0 Å². The monoisotopic (exact) mass is 475 g/mol. The van der Waals surface area contributed by atoms with Crippen molar-refractivity contribution in [2.24, 2.45) is 16.6 Å². The molecule has 1 spiro atoms. The average molecular weight is 476 g/mol. The van der Waals surface area contributed by atoms with Crippen molar-refractivity contribution in [2.75, 3.05) is 38.7 Å². The first-order chi connectivity index (χ1) is 15.5. The van der Waals surface area contributed by atoms with Crippen molar-refractivity contribution in [1.29, 1.82) is 0 Å². The molecular formula is C25H37N3O4S. The van der Waals surface area contributed by atoms with Crippen molar-refractivity contribution >= 4 is 21.7 Å². The lowest BCUT2D eigenvalue weighted by molar-refractivity contribution is -0.132. The summed E-state index contributed by atoms with van der Waals surface area (Å²) in [5.74, 6) is -0.287. The molecule has 33 heavy (non-hydrogen) atoms. The van der Waals surface area contributed by atoms with Crippen molar-refractivity contribution in [1.82, 2.24) is 9.80 Å². The molecule has 0 atom stereocenters. The third kappa shape index (κ3) is 4.56. The number of sulfone groups is 1. The molecule has 2 amide bonds. The van der Waals surface area contributed by atoms with E-state index in [2.05, 4.69) is 43.3 Å². The van der Waals surface area contributed by atoms with Gasteiger partial charge in [-0.1, -0.05) is 30.3 Å². The van der Waals surface area contributed by atoms with E-state index in [1.807, 2.05) is 11.0 Å². The molecule has 2 heterocycles. The van der Waals surface area contributed by atoms with Gasteiger partial charge in [0.05, 0.1) is 16.9 Å². The number of benzene rings is 1. The molecule has 1 saturated carbocycles. The molecule has 0 radical (unpaired) electrons. The van der Waals surface area contributed by atoms with Gasteiger partial charge in [0.2, 0.25) is 11.8 Å². The first-order valence-electron chi connectivity index (χ1n) is 12.0. The van der Waals surface area contributed by atoms with Gasteiger partial charge in [0, 0.05) is 25.0 Å². The van der Waals surface area contributed by atoms with Gasteiger partial charge in [0.15, 0.2) is 0 Å². The SMILES string of the molecule is CN(C)C1(c2ccccc2)CCC2(CC1)CC(=O)N(CCC1(C(N)=O)CCS(=O)(=O)CC1)C2. The molecule has 2 aliphatic heterocycles.